The Bertz CT molecular complexity index is 1120. The Morgan fingerprint density at radius 3 is 2.72 bits per heavy atom. The molecule has 32 heavy (non-hydrogen) atoms. The average Bonchev–Trinajstić information content (AvgIpc) is 3.48. The molecule has 2 saturated heterocycles. The second-order valence-electron chi connectivity index (χ2n) is 8.77. The van der Waals surface area contributed by atoms with Crippen LogP contribution in [0, 0.1) is 20.8 Å². The van der Waals surface area contributed by atoms with E-state index in [1.165, 1.54) is 16.8 Å². The maximum atomic E-state index is 5.97. The molecule has 2 aliphatic rings. The maximum absolute atomic E-state index is 5.97. The van der Waals surface area contributed by atoms with E-state index in [9.17, 15) is 0 Å². The molecule has 7 heteroatoms. The van der Waals surface area contributed by atoms with E-state index in [1.807, 2.05) is 30.6 Å². The lowest BCUT2D eigenvalue weighted by Crippen LogP contribution is -2.36. The Morgan fingerprint density at radius 2 is 2.00 bits per heavy atom. The lowest BCUT2D eigenvalue weighted by molar-refractivity contribution is 0.0842. The number of nitrogens with zero attached hydrogens (tertiary/aromatic N) is 4. The molecule has 0 unspecified atom stereocenters. The largest absolute Gasteiger partial charge is 0.376 e. The highest BCUT2D eigenvalue weighted by atomic mass is 32.1. The molecule has 0 radical (unpaired) electrons. The SMILES string of the molecule is Cc1ccnc(-n2c(C)cc([C@@H]3[C@H](c4ccccn4)NC(=S)N3C[C@H]3CCCO3)c2C)c1. The van der Waals surface area contributed by atoms with Gasteiger partial charge < -0.3 is 19.5 Å². The van der Waals surface area contributed by atoms with E-state index in [1.54, 1.807) is 0 Å². The van der Waals surface area contributed by atoms with Gasteiger partial charge in [0.1, 0.15) is 5.82 Å². The lowest BCUT2D eigenvalue weighted by Gasteiger charge is -2.30. The summed E-state index contributed by atoms with van der Waals surface area (Å²) in [5.74, 6) is 0.944. The number of aromatic nitrogens is 3. The molecule has 3 atom stereocenters. The lowest BCUT2D eigenvalue weighted by atomic mass is 9.96. The number of aryl methyl sites for hydroxylation is 2. The molecule has 3 aromatic heterocycles. The second-order valence-corrected chi connectivity index (χ2v) is 9.15. The molecule has 0 aliphatic carbocycles. The summed E-state index contributed by atoms with van der Waals surface area (Å²) in [7, 11) is 0. The highest BCUT2D eigenvalue weighted by Gasteiger charge is 2.42. The molecular formula is C25H29N5OS. The van der Waals surface area contributed by atoms with Crippen molar-refractivity contribution in [3.8, 4) is 5.82 Å². The molecule has 0 spiro atoms. The van der Waals surface area contributed by atoms with Crippen LogP contribution in [0.1, 0.15) is 53.1 Å². The number of hydrogen-bond acceptors (Lipinski definition) is 4. The van der Waals surface area contributed by atoms with Crippen LogP contribution in [-0.2, 0) is 4.74 Å². The Kier molecular flexibility index (Phi) is 5.69. The van der Waals surface area contributed by atoms with Gasteiger partial charge in [0, 0.05) is 36.9 Å². The van der Waals surface area contributed by atoms with Crippen molar-refractivity contribution in [2.75, 3.05) is 13.2 Å². The molecule has 6 nitrogen and oxygen atoms in total. The standard InChI is InChI=1S/C25H29N5OS/c1-16-9-11-27-22(13-16)30-17(2)14-20(18(30)3)24-23(21-8-4-5-10-26-21)28-25(32)29(24)15-19-7-6-12-31-19/h4-5,8-11,13-14,19,23-24H,6-7,12,15H2,1-3H3,(H,28,32)/t19-,23+,24-/m1/s1. The van der Waals surface area contributed by atoms with Crippen LogP contribution in [0.25, 0.3) is 5.82 Å². The van der Waals surface area contributed by atoms with Crippen molar-refractivity contribution in [1.82, 2.24) is 24.8 Å². The molecule has 166 valence electrons. The van der Waals surface area contributed by atoms with Gasteiger partial charge in [-0.3, -0.25) is 4.98 Å². The van der Waals surface area contributed by atoms with E-state index in [-0.39, 0.29) is 18.2 Å². The van der Waals surface area contributed by atoms with Crippen molar-refractivity contribution < 1.29 is 4.74 Å². The van der Waals surface area contributed by atoms with E-state index in [0.29, 0.717) is 0 Å². The molecule has 5 rings (SSSR count). The molecule has 5 heterocycles. The Hall–Kier alpha value is -2.77. The molecule has 3 aromatic rings. The van der Waals surface area contributed by atoms with Gasteiger partial charge in [-0.15, -0.1) is 0 Å². The van der Waals surface area contributed by atoms with Crippen LogP contribution >= 0.6 is 12.2 Å². The van der Waals surface area contributed by atoms with Crippen LogP contribution in [-0.4, -0.2) is 43.8 Å². The van der Waals surface area contributed by atoms with Gasteiger partial charge in [0.2, 0.25) is 0 Å². The van der Waals surface area contributed by atoms with Crippen molar-refractivity contribution in [2.24, 2.45) is 0 Å². The first-order chi connectivity index (χ1) is 15.5. The van der Waals surface area contributed by atoms with Gasteiger partial charge in [0.25, 0.3) is 0 Å². The van der Waals surface area contributed by atoms with E-state index in [0.717, 1.165) is 48.3 Å². The number of pyridine rings is 2. The zero-order valence-electron chi connectivity index (χ0n) is 18.8. The van der Waals surface area contributed by atoms with Crippen molar-refractivity contribution in [1.29, 1.82) is 0 Å². The zero-order valence-corrected chi connectivity index (χ0v) is 19.6. The third-order valence-electron chi connectivity index (χ3n) is 6.54. The van der Waals surface area contributed by atoms with Crippen molar-refractivity contribution in [3.63, 3.8) is 0 Å². The summed E-state index contributed by atoms with van der Waals surface area (Å²) in [6, 6.07) is 12.5. The minimum Gasteiger partial charge on any atom is -0.376 e. The molecule has 2 fully saturated rings. The van der Waals surface area contributed by atoms with E-state index in [4.69, 9.17) is 17.0 Å². The van der Waals surface area contributed by atoms with E-state index in [2.05, 4.69) is 63.7 Å². The van der Waals surface area contributed by atoms with Crippen molar-refractivity contribution >= 4 is 17.3 Å². The molecule has 0 amide bonds. The number of rotatable bonds is 5. The summed E-state index contributed by atoms with van der Waals surface area (Å²) in [6.07, 6.45) is 6.12. The first-order valence-electron chi connectivity index (χ1n) is 11.2. The Morgan fingerprint density at radius 1 is 1.12 bits per heavy atom. The van der Waals surface area contributed by atoms with Gasteiger partial charge in [-0.25, -0.2) is 4.98 Å². The normalized spacial score (nSPS) is 23.0. The van der Waals surface area contributed by atoms with E-state index < -0.39 is 0 Å². The number of ether oxygens (including phenoxy) is 1. The van der Waals surface area contributed by atoms with Gasteiger partial charge in [0.05, 0.1) is 23.9 Å². The van der Waals surface area contributed by atoms with Crippen molar-refractivity contribution in [2.45, 2.75) is 51.8 Å². The van der Waals surface area contributed by atoms with Gasteiger partial charge >= 0.3 is 0 Å². The fourth-order valence-corrected chi connectivity index (χ4v) is 5.35. The van der Waals surface area contributed by atoms with Crippen LogP contribution in [0.5, 0.6) is 0 Å². The summed E-state index contributed by atoms with van der Waals surface area (Å²) >= 11 is 5.84. The van der Waals surface area contributed by atoms with Gasteiger partial charge in [-0.1, -0.05) is 6.07 Å². The molecule has 0 aromatic carbocycles. The summed E-state index contributed by atoms with van der Waals surface area (Å²) < 4.78 is 8.21. The minimum absolute atomic E-state index is 0.0236. The van der Waals surface area contributed by atoms with Crippen molar-refractivity contribution in [3.05, 3.63) is 77.0 Å². The van der Waals surface area contributed by atoms with Gasteiger partial charge in [-0.2, -0.15) is 0 Å². The summed E-state index contributed by atoms with van der Waals surface area (Å²) in [5.41, 5.74) is 5.76. The van der Waals surface area contributed by atoms with Crippen LogP contribution in [0.3, 0.4) is 0 Å². The van der Waals surface area contributed by atoms with E-state index >= 15 is 0 Å². The summed E-state index contributed by atoms with van der Waals surface area (Å²) in [5, 5.41) is 4.33. The van der Waals surface area contributed by atoms with Crippen LogP contribution in [0.15, 0.2) is 48.8 Å². The highest BCUT2D eigenvalue weighted by Crippen LogP contribution is 2.41. The number of thiocarbonyl (C=S) groups is 1. The third kappa shape index (κ3) is 3.80. The van der Waals surface area contributed by atoms with Crippen LogP contribution in [0.4, 0.5) is 0 Å². The first-order valence-corrected chi connectivity index (χ1v) is 11.7. The quantitative estimate of drug-likeness (QED) is 0.587. The topological polar surface area (TPSA) is 55.2 Å². The van der Waals surface area contributed by atoms with Crippen LogP contribution in [0.2, 0.25) is 0 Å². The molecular weight excluding hydrogens is 418 g/mol. The maximum Gasteiger partial charge on any atom is 0.170 e. The predicted molar refractivity (Wildman–Crippen MR) is 129 cm³/mol. The fourth-order valence-electron chi connectivity index (χ4n) is 5.03. The smallest absolute Gasteiger partial charge is 0.170 e. The first kappa shape index (κ1) is 21.1. The monoisotopic (exact) mass is 447 g/mol. The van der Waals surface area contributed by atoms with Gasteiger partial charge in [0.15, 0.2) is 5.11 Å². The Labute approximate surface area is 194 Å². The Balaban J connectivity index is 1.59. The van der Waals surface area contributed by atoms with Gasteiger partial charge in [-0.05, 0) is 87.3 Å². The predicted octanol–water partition coefficient (Wildman–Crippen LogP) is 4.34. The summed E-state index contributed by atoms with van der Waals surface area (Å²) in [4.78, 5) is 11.6. The zero-order chi connectivity index (χ0) is 22.2. The molecule has 2 aliphatic heterocycles. The summed E-state index contributed by atoms with van der Waals surface area (Å²) in [6.45, 7) is 8.03. The molecule has 1 N–H and O–H groups in total. The second kappa shape index (κ2) is 8.64. The van der Waals surface area contributed by atoms with Crippen LogP contribution < -0.4 is 5.32 Å². The number of nitrogens with one attached hydrogen (secondary N) is 1. The fraction of sp³-hybridized carbons (Fsp3) is 0.400. The highest BCUT2D eigenvalue weighted by molar-refractivity contribution is 7.80. The molecule has 0 bridgehead atoms. The molecule has 0 saturated carbocycles. The number of hydrogen-bond donors (Lipinski definition) is 1. The average molecular weight is 448 g/mol. The minimum atomic E-state index is -0.0236. The third-order valence-corrected chi connectivity index (χ3v) is 6.89.